The van der Waals surface area contributed by atoms with Crippen LogP contribution in [-0.4, -0.2) is 17.0 Å². The van der Waals surface area contributed by atoms with E-state index in [4.69, 9.17) is 4.11 Å². The summed E-state index contributed by atoms with van der Waals surface area (Å²) in [4.78, 5) is 11.4. The van der Waals surface area contributed by atoms with Gasteiger partial charge >= 0.3 is 0 Å². The summed E-state index contributed by atoms with van der Waals surface area (Å²) in [5, 5.41) is 10.1. The van der Waals surface area contributed by atoms with Gasteiger partial charge in [0.1, 0.15) is 5.78 Å². The number of aliphatic hydroxyl groups is 1. The molecule has 0 amide bonds. The third-order valence-electron chi connectivity index (χ3n) is 2.81. The molecule has 0 radical (unpaired) electrons. The van der Waals surface area contributed by atoms with Crippen molar-refractivity contribution in [2.45, 2.75) is 46.6 Å². The fourth-order valence-corrected chi connectivity index (χ4v) is 1.73. The van der Waals surface area contributed by atoms with Crippen LogP contribution in [0.4, 0.5) is 0 Å². The Morgan fingerprint density at radius 3 is 2.69 bits per heavy atom. The normalized spacial score (nSPS) is 21.4. The molecule has 0 spiro atoms. The Balaban J connectivity index is 4.31. The number of carbonyl (C=O) groups is 1. The SMILES string of the molecule is [2H]C([2H])([2H])C=CC=CC[C@@H](C)C(O)[C@H](CC)C(C)=O. The Hall–Kier alpha value is -0.890. The highest BCUT2D eigenvalue weighted by atomic mass is 16.3. The molecule has 0 fully saturated rings. The van der Waals surface area contributed by atoms with Crippen molar-refractivity contribution in [3.05, 3.63) is 24.3 Å². The third-order valence-corrected chi connectivity index (χ3v) is 2.81. The maximum absolute atomic E-state index is 11.4. The van der Waals surface area contributed by atoms with Crippen molar-refractivity contribution in [3.8, 4) is 0 Å². The van der Waals surface area contributed by atoms with Crippen molar-refractivity contribution in [1.82, 2.24) is 0 Å². The predicted octanol–water partition coefficient (Wildman–Crippen LogP) is 3.12. The average molecular weight is 227 g/mol. The van der Waals surface area contributed by atoms with Gasteiger partial charge in [0.15, 0.2) is 0 Å². The first-order chi connectivity index (χ1) is 8.69. The molecular formula is C14H24O2. The summed E-state index contributed by atoms with van der Waals surface area (Å²) in [6.07, 6.45) is 6.68. The van der Waals surface area contributed by atoms with Crippen molar-refractivity contribution >= 4 is 5.78 Å². The molecule has 0 aromatic rings. The molecule has 2 nitrogen and oxygen atoms in total. The highest BCUT2D eigenvalue weighted by molar-refractivity contribution is 5.78. The molecule has 3 atom stereocenters. The van der Waals surface area contributed by atoms with E-state index in [9.17, 15) is 9.90 Å². The number of hydrogen-bond donors (Lipinski definition) is 1. The summed E-state index contributed by atoms with van der Waals surface area (Å²) < 4.78 is 21.0. The van der Waals surface area contributed by atoms with Crippen LogP contribution < -0.4 is 0 Å². The van der Waals surface area contributed by atoms with Crippen molar-refractivity contribution in [1.29, 1.82) is 0 Å². The van der Waals surface area contributed by atoms with Crippen molar-refractivity contribution < 1.29 is 14.0 Å². The predicted molar refractivity (Wildman–Crippen MR) is 68.2 cm³/mol. The molecule has 0 rings (SSSR count). The summed E-state index contributed by atoms with van der Waals surface area (Å²) in [7, 11) is 0. The van der Waals surface area contributed by atoms with Crippen LogP contribution >= 0.6 is 0 Å². The Labute approximate surface area is 103 Å². The molecule has 0 bridgehead atoms. The highest BCUT2D eigenvalue weighted by Gasteiger charge is 2.25. The van der Waals surface area contributed by atoms with E-state index in [1.807, 2.05) is 19.9 Å². The quantitative estimate of drug-likeness (QED) is 0.678. The van der Waals surface area contributed by atoms with Crippen LogP contribution in [0, 0.1) is 11.8 Å². The lowest BCUT2D eigenvalue weighted by Gasteiger charge is -2.24. The topological polar surface area (TPSA) is 37.3 Å². The van der Waals surface area contributed by atoms with E-state index >= 15 is 0 Å². The molecule has 16 heavy (non-hydrogen) atoms. The van der Waals surface area contributed by atoms with Crippen LogP contribution in [-0.2, 0) is 4.79 Å². The number of hydrogen-bond acceptors (Lipinski definition) is 2. The minimum absolute atomic E-state index is 0.00753. The zero-order chi connectivity index (χ0) is 15.1. The largest absolute Gasteiger partial charge is 0.392 e. The summed E-state index contributed by atoms with van der Waals surface area (Å²) in [5.41, 5.74) is 0. The molecule has 2 heteroatoms. The monoisotopic (exact) mass is 227 g/mol. The fourth-order valence-electron chi connectivity index (χ4n) is 1.73. The zero-order valence-corrected chi connectivity index (χ0v) is 10.3. The van der Waals surface area contributed by atoms with E-state index < -0.39 is 13.0 Å². The van der Waals surface area contributed by atoms with E-state index in [-0.39, 0.29) is 17.6 Å². The van der Waals surface area contributed by atoms with Gasteiger partial charge in [-0.3, -0.25) is 4.79 Å². The van der Waals surface area contributed by atoms with Crippen molar-refractivity contribution in [3.63, 3.8) is 0 Å². The Morgan fingerprint density at radius 1 is 1.50 bits per heavy atom. The first-order valence-corrected chi connectivity index (χ1v) is 5.72. The first-order valence-electron chi connectivity index (χ1n) is 7.22. The molecule has 0 aliphatic heterocycles. The van der Waals surface area contributed by atoms with Gasteiger partial charge in [-0.25, -0.2) is 0 Å². The molecule has 92 valence electrons. The summed E-state index contributed by atoms with van der Waals surface area (Å²) in [5.74, 6) is -0.347. The lowest BCUT2D eigenvalue weighted by molar-refractivity contribution is -0.125. The lowest BCUT2D eigenvalue weighted by Crippen LogP contribution is -2.31. The molecule has 0 aromatic heterocycles. The van der Waals surface area contributed by atoms with Gasteiger partial charge in [-0.1, -0.05) is 38.2 Å². The zero-order valence-electron chi connectivity index (χ0n) is 13.3. The van der Waals surface area contributed by atoms with E-state index in [1.54, 1.807) is 6.08 Å². The number of Topliss-reactive ketones (excluding diaryl/α,β-unsaturated/α-hetero) is 1. The van der Waals surface area contributed by atoms with Crippen LogP contribution in [0.15, 0.2) is 24.3 Å². The average Bonchev–Trinajstić information content (AvgIpc) is 2.26. The Kier molecular flexibility index (Phi) is 5.32. The molecular weight excluding hydrogens is 200 g/mol. The number of rotatable bonds is 7. The molecule has 0 heterocycles. The molecule has 0 saturated heterocycles. The second kappa shape index (κ2) is 8.28. The van der Waals surface area contributed by atoms with E-state index in [0.717, 1.165) is 6.08 Å². The van der Waals surface area contributed by atoms with Crippen molar-refractivity contribution in [2.75, 3.05) is 0 Å². The van der Waals surface area contributed by atoms with Crippen LogP contribution in [0.5, 0.6) is 0 Å². The highest BCUT2D eigenvalue weighted by Crippen LogP contribution is 2.20. The van der Waals surface area contributed by atoms with Gasteiger partial charge in [0.05, 0.1) is 6.10 Å². The summed E-state index contributed by atoms with van der Waals surface area (Å²) >= 11 is 0. The number of allylic oxidation sites excluding steroid dienone is 4. The maximum Gasteiger partial charge on any atom is 0.135 e. The third kappa shape index (κ3) is 5.26. The maximum atomic E-state index is 11.4. The van der Waals surface area contributed by atoms with Gasteiger partial charge in [-0.05, 0) is 32.5 Å². The van der Waals surface area contributed by atoms with E-state index in [0.29, 0.717) is 12.8 Å². The van der Waals surface area contributed by atoms with Gasteiger partial charge in [-0.15, -0.1) is 0 Å². The van der Waals surface area contributed by atoms with Crippen LogP contribution in [0.1, 0.15) is 44.6 Å². The standard InChI is InChI=1S/C14H24O2/c1-5-7-8-9-10-11(3)14(16)13(6-2)12(4)15/h5,7-9,11,13-14,16H,6,10H2,1-4H3/t11-,13-,14?/m1/s1/i1D3. The lowest BCUT2D eigenvalue weighted by atomic mass is 9.86. The van der Waals surface area contributed by atoms with Crippen LogP contribution in [0.3, 0.4) is 0 Å². The Morgan fingerprint density at radius 2 is 2.19 bits per heavy atom. The molecule has 1 unspecified atom stereocenters. The van der Waals surface area contributed by atoms with Crippen LogP contribution in [0.2, 0.25) is 0 Å². The van der Waals surface area contributed by atoms with Gasteiger partial charge in [0, 0.05) is 10.0 Å². The minimum Gasteiger partial charge on any atom is -0.392 e. The molecule has 0 aromatic carbocycles. The summed E-state index contributed by atoms with van der Waals surface area (Å²) in [6.45, 7) is 3.21. The molecule has 1 N–H and O–H groups in total. The van der Waals surface area contributed by atoms with E-state index in [1.165, 1.54) is 13.0 Å². The van der Waals surface area contributed by atoms with E-state index in [2.05, 4.69) is 0 Å². The van der Waals surface area contributed by atoms with Crippen molar-refractivity contribution in [2.24, 2.45) is 11.8 Å². The fraction of sp³-hybridized carbons (Fsp3) is 0.643. The molecule has 0 saturated carbocycles. The molecule has 0 aliphatic rings. The number of carbonyl (C=O) groups excluding carboxylic acids is 1. The minimum atomic E-state index is -2.06. The Bertz CT molecular complexity index is 332. The second-order valence-corrected chi connectivity index (χ2v) is 4.12. The van der Waals surface area contributed by atoms with Gasteiger partial charge in [-0.2, -0.15) is 0 Å². The van der Waals surface area contributed by atoms with Gasteiger partial charge < -0.3 is 5.11 Å². The second-order valence-electron chi connectivity index (χ2n) is 4.12. The first kappa shape index (κ1) is 10.3. The van der Waals surface area contributed by atoms with Gasteiger partial charge in [0.2, 0.25) is 0 Å². The van der Waals surface area contributed by atoms with Gasteiger partial charge in [0.25, 0.3) is 0 Å². The molecule has 0 aliphatic carbocycles. The smallest absolute Gasteiger partial charge is 0.135 e. The van der Waals surface area contributed by atoms with Crippen LogP contribution in [0.25, 0.3) is 0 Å². The number of aliphatic hydroxyl groups excluding tert-OH is 1. The summed E-state index contributed by atoms with van der Waals surface area (Å²) in [6, 6.07) is 0. The number of ketones is 1.